The van der Waals surface area contributed by atoms with Crippen molar-refractivity contribution < 1.29 is 9.84 Å². The number of nitrogens with zero attached hydrogens (tertiary/aromatic N) is 2. The van der Waals surface area contributed by atoms with Gasteiger partial charge < -0.3 is 19.3 Å². The van der Waals surface area contributed by atoms with E-state index in [4.69, 9.17) is 4.74 Å². The number of hydrogen-bond acceptors (Lipinski definition) is 4. The Morgan fingerprint density at radius 3 is 2.75 bits per heavy atom. The first kappa shape index (κ1) is 15.2. The Morgan fingerprint density at radius 2 is 2.15 bits per heavy atom. The topological polar surface area (TPSA) is 54.7 Å². The Labute approximate surface area is 119 Å². The molecular formula is C15H24N2O3. The average Bonchev–Trinajstić information content (AvgIpc) is 2.36. The summed E-state index contributed by atoms with van der Waals surface area (Å²) in [5.74, 6) is 0. The van der Waals surface area contributed by atoms with Crippen molar-refractivity contribution in [2.45, 2.75) is 39.0 Å². The number of fused-ring (bicyclic) bond motifs is 1. The van der Waals surface area contributed by atoms with Crippen LogP contribution in [0.5, 0.6) is 0 Å². The highest BCUT2D eigenvalue weighted by Crippen LogP contribution is 2.23. The largest absolute Gasteiger partial charge is 0.386 e. The number of hydrogen-bond donors (Lipinski definition) is 1. The van der Waals surface area contributed by atoms with Crippen molar-refractivity contribution in [3.05, 3.63) is 33.2 Å². The van der Waals surface area contributed by atoms with Gasteiger partial charge in [-0.15, -0.1) is 0 Å². The number of methoxy groups -OCH3 is 1. The maximum absolute atomic E-state index is 12.6. The highest BCUT2D eigenvalue weighted by atomic mass is 16.5. The highest BCUT2D eigenvalue weighted by molar-refractivity contribution is 5.31. The summed E-state index contributed by atoms with van der Waals surface area (Å²) in [4.78, 5) is 14.8. The van der Waals surface area contributed by atoms with Crippen LogP contribution in [-0.4, -0.2) is 41.9 Å². The first-order chi connectivity index (χ1) is 9.34. The monoisotopic (exact) mass is 280 g/mol. The minimum Gasteiger partial charge on any atom is -0.386 e. The Balaban J connectivity index is 2.58. The lowest BCUT2D eigenvalue weighted by atomic mass is 9.95. The third-order valence-electron chi connectivity index (χ3n) is 3.84. The van der Waals surface area contributed by atoms with E-state index in [0.29, 0.717) is 18.7 Å². The van der Waals surface area contributed by atoms with Crippen molar-refractivity contribution in [2.24, 2.45) is 0 Å². The summed E-state index contributed by atoms with van der Waals surface area (Å²) in [7, 11) is 3.70. The number of aromatic nitrogens is 1. The fraction of sp³-hybridized carbons (Fsp3) is 0.667. The molecule has 2 rings (SSSR count). The van der Waals surface area contributed by atoms with Crippen LogP contribution >= 0.6 is 0 Å². The fourth-order valence-corrected chi connectivity index (χ4v) is 2.72. The third kappa shape index (κ3) is 2.95. The van der Waals surface area contributed by atoms with Gasteiger partial charge in [0, 0.05) is 44.4 Å². The molecule has 0 atom stereocenters. The molecule has 2 heterocycles. The molecule has 5 nitrogen and oxygen atoms in total. The quantitative estimate of drug-likeness (QED) is 0.882. The van der Waals surface area contributed by atoms with E-state index in [9.17, 15) is 9.90 Å². The molecule has 0 aromatic carbocycles. The van der Waals surface area contributed by atoms with Crippen molar-refractivity contribution in [1.82, 2.24) is 9.47 Å². The maximum atomic E-state index is 12.6. The zero-order valence-corrected chi connectivity index (χ0v) is 12.8. The van der Waals surface area contributed by atoms with Gasteiger partial charge in [-0.05, 0) is 32.5 Å². The summed E-state index contributed by atoms with van der Waals surface area (Å²) >= 11 is 0. The third-order valence-corrected chi connectivity index (χ3v) is 3.84. The molecule has 0 spiro atoms. The van der Waals surface area contributed by atoms with Crippen molar-refractivity contribution in [1.29, 1.82) is 0 Å². The Morgan fingerprint density at radius 1 is 1.45 bits per heavy atom. The number of rotatable bonds is 4. The van der Waals surface area contributed by atoms with Gasteiger partial charge in [0.25, 0.3) is 5.56 Å². The van der Waals surface area contributed by atoms with Crippen molar-refractivity contribution in [3.8, 4) is 0 Å². The predicted octanol–water partition coefficient (Wildman–Crippen LogP) is 0.710. The second-order valence-electron chi connectivity index (χ2n) is 6.03. The molecule has 112 valence electrons. The first-order valence-corrected chi connectivity index (χ1v) is 7.00. The minimum absolute atomic E-state index is 0.0992. The van der Waals surface area contributed by atoms with Crippen LogP contribution in [-0.2, 0) is 29.8 Å². The van der Waals surface area contributed by atoms with Gasteiger partial charge in [0.2, 0.25) is 0 Å². The minimum atomic E-state index is -1.13. The maximum Gasteiger partial charge on any atom is 0.256 e. The molecule has 0 amide bonds. The molecule has 0 saturated heterocycles. The van der Waals surface area contributed by atoms with Crippen molar-refractivity contribution in [3.63, 3.8) is 0 Å². The van der Waals surface area contributed by atoms with E-state index >= 15 is 0 Å². The molecule has 5 heteroatoms. The van der Waals surface area contributed by atoms with Gasteiger partial charge in [0.15, 0.2) is 0 Å². The first-order valence-electron chi connectivity index (χ1n) is 7.00. The fourth-order valence-electron chi connectivity index (χ4n) is 2.72. The number of pyridine rings is 1. The highest BCUT2D eigenvalue weighted by Gasteiger charge is 2.26. The Kier molecular flexibility index (Phi) is 4.32. The molecule has 0 aliphatic carbocycles. The van der Waals surface area contributed by atoms with Crippen LogP contribution in [0.1, 0.15) is 30.7 Å². The number of aliphatic hydroxyl groups is 1. The molecule has 1 N–H and O–H groups in total. The van der Waals surface area contributed by atoms with Gasteiger partial charge in [0.1, 0.15) is 0 Å². The van der Waals surface area contributed by atoms with E-state index in [2.05, 4.69) is 11.9 Å². The van der Waals surface area contributed by atoms with Crippen molar-refractivity contribution in [2.75, 3.05) is 27.3 Å². The molecule has 1 aliphatic rings. The lowest BCUT2D eigenvalue weighted by molar-refractivity contribution is 0.0757. The van der Waals surface area contributed by atoms with E-state index in [1.54, 1.807) is 25.5 Å². The molecule has 1 aliphatic heterocycles. The summed E-state index contributed by atoms with van der Waals surface area (Å²) in [5, 5.41) is 10.2. The molecule has 0 radical (unpaired) electrons. The van der Waals surface area contributed by atoms with Crippen LogP contribution in [0.4, 0.5) is 0 Å². The summed E-state index contributed by atoms with van der Waals surface area (Å²) in [6, 6.07) is 1.87. The van der Waals surface area contributed by atoms with E-state index in [0.717, 1.165) is 30.8 Å². The summed E-state index contributed by atoms with van der Waals surface area (Å²) < 4.78 is 6.88. The zero-order valence-electron chi connectivity index (χ0n) is 12.8. The lowest BCUT2D eigenvalue weighted by Crippen LogP contribution is -2.39. The van der Waals surface area contributed by atoms with Gasteiger partial charge in [0.05, 0.1) is 12.2 Å². The molecule has 0 fully saturated rings. The number of likely N-dealkylation sites (N-methyl/N-ethyl adjacent to an activating group) is 1. The summed E-state index contributed by atoms with van der Waals surface area (Å²) in [5.41, 5.74) is 1.45. The molecule has 1 aromatic rings. The summed E-state index contributed by atoms with van der Waals surface area (Å²) in [6.07, 6.45) is 0.858. The zero-order chi connectivity index (χ0) is 14.9. The number of ether oxygens (including phenoxy) is 1. The van der Waals surface area contributed by atoms with Crippen LogP contribution in [0, 0.1) is 0 Å². The predicted molar refractivity (Wildman–Crippen MR) is 77.9 cm³/mol. The van der Waals surface area contributed by atoms with Crippen molar-refractivity contribution >= 4 is 0 Å². The van der Waals surface area contributed by atoms with Crippen LogP contribution in [0.2, 0.25) is 0 Å². The molecule has 20 heavy (non-hydrogen) atoms. The standard InChI is InChI=1S/C15H24N2O3/c1-15(2,19)12-9-11-10-16(3)6-5-13(11)17(14(12)18)7-8-20-4/h9,19H,5-8,10H2,1-4H3. The normalized spacial score (nSPS) is 16.2. The van der Waals surface area contributed by atoms with Crippen LogP contribution in [0.15, 0.2) is 10.9 Å². The van der Waals surface area contributed by atoms with Gasteiger partial charge >= 0.3 is 0 Å². The second kappa shape index (κ2) is 5.68. The van der Waals surface area contributed by atoms with E-state index in [1.165, 1.54) is 0 Å². The second-order valence-corrected chi connectivity index (χ2v) is 6.03. The lowest BCUT2D eigenvalue weighted by Gasteiger charge is -2.30. The average molecular weight is 280 g/mol. The Bertz CT molecular complexity index is 543. The molecular weight excluding hydrogens is 256 g/mol. The SMILES string of the molecule is COCCn1c2c(cc(C(C)(C)O)c1=O)CN(C)CC2. The van der Waals surface area contributed by atoms with Crippen LogP contribution < -0.4 is 5.56 Å². The molecule has 1 aromatic heterocycles. The molecule has 0 bridgehead atoms. The molecule has 0 unspecified atom stereocenters. The smallest absolute Gasteiger partial charge is 0.256 e. The Hall–Kier alpha value is -1.17. The van der Waals surface area contributed by atoms with E-state index < -0.39 is 5.60 Å². The van der Waals surface area contributed by atoms with E-state index in [-0.39, 0.29) is 5.56 Å². The van der Waals surface area contributed by atoms with Gasteiger partial charge in [-0.25, -0.2) is 0 Å². The van der Waals surface area contributed by atoms with Gasteiger partial charge in [-0.2, -0.15) is 0 Å². The molecule has 0 saturated carbocycles. The van der Waals surface area contributed by atoms with E-state index in [1.807, 2.05) is 6.07 Å². The van der Waals surface area contributed by atoms with Crippen LogP contribution in [0.25, 0.3) is 0 Å². The van der Waals surface area contributed by atoms with Gasteiger partial charge in [-0.3, -0.25) is 4.79 Å². The van der Waals surface area contributed by atoms with Crippen LogP contribution in [0.3, 0.4) is 0 Å². The summed E-state index contributed by atoms with van der Waals surface area (Å²) in [6.45, 7) is 6.10. The van der Waals surface area contributed by atoms with Gasteiger partial charge in [-0.1, -0.05) is 0 Å².